The molecule has 0 aliphatic carbocycles. The minimum atomic E-state index is -0.0218. The van der Waals surface area contributed by atoms with Crippen molar-refractivity contribution in [3.05, 3.63) is 44.8 Å². The van der Waals surface area contributed by atoms with Gasteiger partial charge >= 0.3 is 0 Å². The molecule has 0 saturated carbocycles. The van der Waals surface area contributed by atoms with E-state index >= 15 is 0 Å². The lowest BCUT2D eigenvalue weighted by Crippen LogP contribution is -2.00. The normalized spacial score (nSPS) is 11.6. The quantitative estimate of drug-likeness (QED) is 0.624. The molecular formula is C13H13BrN2OS. The molecule has 0 aromatic carbocycles. The van der Waals surface area contributed by atoms with Gasteiger partial charge in [0.1, 0.15) is 0 Å². The molecular weight excluding hydrogens is 312 g/mol. The van der Waals surface area contributed by atoms with Gasteiger partial charge in [-0.15, -0.1) is 11.3 Å². The minimum absolute atomic E-state index is 0.0218. The molecule has 2 rings (SSSR count). The number of aromatic nitrogens is 2. The van der Waals surface area contributed by atoms with E-state index in [1.807, 2.05) is 31.4 Å². The number of thiophene rings is 1. The molecule has 2 aromatic heterocycles. The molecule has 94 valence electrons. The molecule has 0 fully saturated rings. The average Bonchev–Trinajstić information content (AvgIpc) is 2.94. The Labute approximate surface area is 118 Å². The molecule has 0 aliphatic rings. The second kappa shape index (κ2) is 5.63. The van der Waals surface area contributed by atoms with E-state index in [0.717, 1.165) is 9.35 Å². The maximum Gasteiger partial charge on any atom is 0.189 e. The Balaban J connectivity index is 2.09. The highest BCUT2D eigenvalue weighted by atomic mass is 79.9. The van der Waals surface area contributed by atoms with Gasteiger partial charge in [-0.2, -0.15) is 5.10 Å². The molecule has 0 atom stereocenters. The first-order valence-corrected chi connectivity index (χ1v) is 7.24. The summed E-state index contributed by atoms with van der Waals surface area (Å²) in [5.74, 6) is -0.0218. The zero-order chi connectivity index (χ0) is 13.1. The van der Waals surface area contributed by atoms with Crippen LogP contribution in [0.25, 0.3) is 6.08 Å². The highest BCUT2D eigenvalue weighted by Crippen LogP contribution is 2.21. The van der Waals surface area contributed by atoms with E-state index in [0.29, 0.717) is 5.56 Å². The van der Waals surface area contributed by atoms with Crippen LogP contribution in [0.15, 0.2) is 34.4 Å². The molecule has 5 heteroatoms. The molecule has 0 amide bonds. The molecule has 2 heterocycles. The fourth-order valence-corrected chi connectivity index (χ4v) is 2.75. The Morgan fingerprint density at radius 1 is 1.56 bits per heavy atom. The van der Waals surface area contributed by atoms with Crippen LogP contribution in [0.3, 0.4) is 0 Å². The number of nitrogens with zero attached hydrogens (tertiary/aromatic N) is 2. The van der Waals surface area contributed by atoms with Gasteiger partial charge < -0.3 is 0 Å². The summed E-state index contributed by atoms with van der Waals surface area (Å²) in [5.41, 5.74) is 0.621. The maximum atomic E-state index is 11.9. The van der Waals surface area contributed by atoms with E-state index in [4.69, 9.17) is 0 Å². The first-order chi connectivity index (χ1) is 8.56. The Morgan fingerprint density at radius 2 is 2.33 bits per heavy atom. The molecule has 0 N–H and O–H groups in total. The van der Waals surface area contributed by atoms with Crippen LogP contribution >= 0.6 is 27.3 Å². The Bertz CT molecular complexity index is 583. The standard InChI is InChI=1S/C13H13BrN2OS/c1-9(2)16-7-10(6-15-16)13(17)4-3-12-5-11(14)8-18-12/h3-9H,1-2H3. The third kappa shape index (κ3) is 3.17. The van der Waals surface area contributed by atoms with E-state index in [1.165, 1.54) is 0 Å². The number of carbonyl (C=O) groups is 1. The molecule has 0 unspecified atom stereocenters. The van der Waals surface area contributed by atoms with Gasteiger partial charge in [0.2, 0.25) is 0 Å². The molecule has 0 spiro atoms. The number of hydrogen-bond donors (Lipinski definition) is 0. The first-order valence-electron chi connectivity index (χ1n) is 5.57. The van der Waals surface area contributed by atoms with Crippen molar-refractivity contribution in [2.45, 2.75) is 19.9 Å². The SMILES string of the molecule is CC(C)n1cc(C(=O)C=Cc2cc(Br)cs2)cn1. The number of rotatable bonds is 4. The molecule has 0 saturated heterocycles. The second-order valence-electron chi connectivity index (χ2n) is 4.17. The zero-order valence-electron chi connectivity index (χ0n) is 10.1. The summed E-state index contributed by atoms with van der Waals surface area (Å²) >= 11 is 4.97. The van der Waals surface area contributed by atoms with Crippen LogP contribution in [0.5, 0.6) is 0 Å². The van der Waals surface area contributed by atoms with E-state index in [9.17, 15) is 4.79 Å². The van der Waals surface area contributed by atoms with E-state index in [2.05, 4.69) is 21.0 Å². The lowest BCUT2D eigenvalue weighted by molar-refractivity contribution is 0.104. The van der Waals surface area contributed by atoms with E-state index in [1.54, 1.807) is 34.5 Å². The van der Waals surface area contributed by atoms with Crippen molar-refractivity contribution in [2.24, 2.45) is 0 Å². The molecule has 2 aromatic rings. The first kappa shape index (κ1) is 13.2. The Hall–Kier alpha value is -1.20. The summed E-state index contributed by atoms with van der Waals surface area (Å²) in [6.45, 7) is 4.06. The van der Waals surface area contributed by atoms with Crippen molar-refractivity contribution < 1.29 is 4.79 Å². The van der Waals surface area contributed by atoms with Crippen LogP contribution in [0.4, 0.5) is 0 Å². The lowest BCUT2D eigenvalue weighted by Gasteiger charge is -2.02. The summed E-state index contributed by atoms with van der Waals surface area (Å²) < 4.78 is 2.82. The Morgan fingerprint density at radius 3 is 2.89 bits per heavy atom. The number of allylic oxidation sites excluding steroid dienone is 1. The molecule has 0 radical (unpaired) electrons. The summed E-state index contributed by atoms with van der Waals surface area (Å²) in [5, 5.41) is 6.14. The molecule has 0 bridgehead atoms. The van der Waals surface area contributed by atoms with Crippen LogP contribution in [-0.2, 0) is 0 Å². The molecule has 0 aliphatic heterocycles. The van der Waals surface area contributed by atoms with Crippen molar-refractivity contribution in [2.75, 3.05) is 0 Å². The smallest absolute Gasteiger partial charge is 0.189 e. The van der Waals surface area contributed by atoms with Crippen molar-refractivity contribution >= 4 is 39.1 Å². The van der Waals surface area contributed by atoms with Crippen LogP contribution < -0.4 is 0 Å². The van der Waals surface area contributed by atoms with Crippen molar-refractivity contribution in [3.8, 4) is 0 Å². The van der Waals surface area contributed by atoms with Crippen molar-refractivity contribution in [3.63, 3.8) is 0 Å². The third-order valence-corrected chi connectivity index (χ3v) is 4.06. The average molecular weight is 325 g/mol. The van der Waals surface area contributed by atoms with Crippen LogP contribution in [0, 0.1) is 0 Å². The van der Waals surface area contributed by atoms with Gasteiger partial charge in [0.05, 0.1) is 11.8 Å². The van der Waals surface area contributed by atoms with Gasteiger partial charge in [-0.05, 0) is 48.0 Å². The molecule has 3 nitrogen and oxygen atoms in total. The van der Waals surface area contributed by atoms with E-state index in [-0.39, 0.29) is 11.8 Å². The summed E-state index contributed by atoms with van der Waals surface area (Å²) in [6, 6.07) is 2.25. The van der Waals surface area contributed by atoms with Crippen LogP contribution in [0.1, 0.15) is 35.1 Å². The molecule has 18 heavy (non-hydrogen) atoms. The highest BCUT2D eigenvalue weighted by molar-refractivity contribution is 9.10. The van der Waals surface area contributed by atoms with E-state index < -0.39 is 0 Å². The highest BCUT2D eigenvalue weighted by Gasteiger charge is 2.07. The fraction of sp³-hybridized carbons (Fsp3) is 0.231. The fourth-order valence-electron chi connectivity index (χ4n) is 1.42. The summed E-state index contributed by atoms with van der Waals surface area (Å²) in [7, 11) is 0. The number of ketones is 1. The van der Waals surface area contributed by atoms with Crippen molar-refractivity contribution in [1.82, 2.24) is 9.78 Å². The zero-order valence-corrected chi connectivity index (χ0v) is 12.5. The van der Waals surface area contributed by atoms with Gasteiger partial charge in [0, 0.05) is 27.0 Å². The van der Waals surface area contributed by atoms with Crippen LogP contribution in [0.2, 0.25) is 0 Å². The van der Waals surface area contributed by atoms with Gasteiger partial charge in [-0.1, -0.05) is 0 Å². The predicted molar refractivity (Wildman–Crippen MR) is 78.0 cm³/mol. The summed E-state index contributed by atoms with van der Waals surface area (Å²) in [4.78, 5) is 13.0. The van der Waals surface area contributed by atoms with Gasteiger partial charge in [-0.3, -0.25) is 9.48 Å². The van der Waals surface area contributed by atoms with Gasteiger partial charge in [0.25, 0.3) is 0 Å². The Kier molecular flexibility index (Phi) is 4.14. The monoisotopic (exact) mass is 324 g/mol. The lowest BCUT2D eigenvalue weighted by atomic mass is 10.2. The third-order valence-electron chi connectivity index (χ3n) is 2.40. The van der Waals surface area contributed by atoms with Gasteiger partial charge in [-0.25, -0.2) is 0 Å². The number of hydrogen-bond acceptors (Lipinski definition) is 3. The van der Waals surface area contributed by atoms with Gasteiger partial charge in [0.15, 0.2) is 5.78 Å². The summed E-state index contributed by atoms with van der Waals surface area (Å²) in [6.07, 6.45) is 6.79. The predicted octanol–water partition coefficient (Wildman–Crippen LogP) is 4.18. The van der Waals surface area contributed by atoms with Crippen molar-refractivity contribution in [1.29, 1.82) is 0 Å². The number of halogens is 1. The number of carbonyl (C=O) groups excluding carboxylic acids is 1. The second-order valence-corrected chi connectivity index (χ2v) is 6.03. The topological polar surface area (TPSA) is 34.9 Å². The largest absolute Gasteiger partial charge is 0.289 e. The maximum absolute atomic E-state index is 11.9. The van der Waals surface area contributed by atoms with Crippen LogP contribution in [-0.4, -0.2) is 15.6 Å². The minimum Gasteiger partial charge on any atom is -0.289 e.